The summed E-state index contributed by atoms with van der Waals surface area (Å²) in [6, 6.07) is 5.32. The second-order valence-corrected chi connectivity index (χ2v) is 11.9. The Morgan fingerprint density at radius 2 is 1.82 bits per heavy atom. The molecule has 1 atom stereocenters. The Hall–Kier alpha value is -3.79. The molecule has 4 rings (SSSR count). The Morgan fingerprint density at radius 3 is 2.48 bits per heavy atom. The van der Waals surface area contributed by atoms with Gasteiger partial charge in [0.2, 0.25) is 6.54 Å². The minimum atomic E-state index is -4.49. The van der Waals surface area contributed by atoms with Crippen molar-refractivity contribution in [1.29, 1.82) is 0 Å². The summed E-state index contributed by atoms with van der Waals surface area (Å²) in [7, 11) is 0. The number of hydrogen-bond donors (Lipinski definition) is 0. The van der Waals surface area contributed by atoms with Crippen LogP contribution in [0.3, 0.4) is 0 Å². The Morgan fingerprint density at radius 1 is 1.09 bits per heavy atom. The molecule has 0 saturated carbocycles. The quantitative estimate of drug-likeness (QED) is 0.359. The van der Waals surface area contributed by atoms with Gasteiger partial charge in [-0.25, -0.2) is 11.4 Å². The van der Waals surface area contributed by atoms with Gasteiger partial charge in [0.15, 0.2) is 0 Å². The highest BCUT2D eigenvalue weighted by Crippen LogP contribution is 2.39. The lowest BCUT2D eigenvalue weighted by molar-refractivity contribution is -0.137. The van der Waals surface area contributed by atoms with Gasteiger partial charge >= 0.3 is 18.3 Å². The molecule has 1 aromatic heterocycles. The first kappa shape index (κ1) is 33.1. The average molecular weight is 618 g/mol. The Balaban J connectivity index is 1.65. The number of para-hydroxylation sites is 1. The van der Waals surface area contributed by atoms with Crippen LogP contribution in [-0.4, -0.2) is 96.5 Å². The van der Waals surface area contributed by atoms with Crippen LogP contribution in [0.4, 0.5) is 29.5 Å². The van der Waals surface area contributed by atoms with E-state index in [2.05, 4.69) is 28.6 Å². The molecule has 2 aliphatic heterocycles. The predicted octanol–water partition coefficient (Wildman–Crippen LogP) is 5.12. The largest absolute Gasteiger partial charge is 0.462 e. The molecule has 1 amide bonds. The Kier molecular flexibility index (Phi) is 10.4. The van der Waals surface area contributed by atoms with E-state index in [-0.39, 0.29) is 24.8 Å². The van der Waals surface area contributed by atoms with Gasteiger partial charge in [0, 0.05) is 44.0 Å². The third-order valence-corrected chi connectivity index (χ3v) is 7.82. The zero-order chi connectivity index (χ0) is 32.1. The summed E-state index contributed by atoms with van der Waals surface area (Å²) >= 11 is 0. The van der Waals surface area contributed by atoms with Gasteiger partial charge < -0.3 is 29.0 Å². The smallest absolute Gasteiger partial charge is 0.418 e. The number of aromatic nitrogens is 2. The maximum atomic E-state index is 13.9. The van der Waals surface area contributed by atoms with Gasteiger partial charge in [-0.3, -0.25) is 4.90 Å². The number of rotatable bonds is 9. The topological polar surface area (TPSA) is 78.6 Å². The first-order chi connectivity index (χ1) is 20.8. The summed E-state index contributed by atoms with van der Waals surface area (Å²) in [4.78, 5) is 33.6. The van der Waals surface area contributed by atoms with E-state index >= 15 is 0 Å². The van der Waals surface area contributed by atoms with Crippen molar-refractivity contribution in [2.45, 2.75) is 65.4 Å². The van der Waals surface area contributed by atoms with Crippen molar-refractivity contribution < 1.29 is 27.4 Å². The average Bonchev–Trinajstić information content (AvgIpc) is 2.97. The number of carbonyl (C=O) groups is 1. The number of nitrogens with zero attached hydrogens (tertiary/aromatic N) is 7. The van der Waals surface area contributed by atoms with Crippen LogP contribution in [0.15, 0.2) is 24.3 Å². The van der Waals surface area contributed by atoms with Crippen LogP contribution in [0, 0.1) is 6.57 Å². The van der Waals surface area contributed by atoms with Crippen molar-refractivity contribution in [1.82, 2.24) is 19.8 Å². The molecular formula is C31H42F3N7O3. The lowest BCUT2D eigenvalue weighted by atomic mass is 10.0. The van der Waals surface area contributed by atoms with Crippen molar-refractivity contribution >= 4 is 17.6 Å². The van der Waals surface area contributed by atoms with Gasteiger partial charge in [-0.1, -0.05) is 26.0 Å². The lowest BCUT2D eigenvalue weighted by Gasteiger charge is -2.41. The number of hydrogen-bond acceptors (Lipinski definition) is 8. The summed E-state index contributed by atoms with van der Waals surface area (Å²) < 4.78 is 53.2. The number of benzene rings is 1. The number of anilines is 2. The summed E-state index contributed by atoms with van der Waals surface area (Å²) in [6.45, 7) is 21.5. The monoisotopic (exact) mass is 617 g/mol. The van der Waals surface area contributed by atoms with E-state index in [4.69, 9.17) is 21.0 Å². The maximum Gasteiger partial charge on any atom is 0.418 e. The molecule has 0 radical (unpaired) electrons. The predicted molar refractivity (Wildman–Crippen MR) is 162 cm³/mol. The molecule has 0 bridgehead atoms. The molecule has 44 heavy (non-hydrogen) atoms. The zero-order valence-electron chi connectivity index (χ0n) is 26.2. The summed E-state index contributed by atoms with van der Waals surface area (Å²) in [5, 5.41) is 0. The molecule has 2 aromatic rings. The van der Waals surface area contributed by atoms with Crippen LogP contribution in [0.2, 0.25) is 0 Å². The van der Waals surface area contributed by atoms with Gasteiger partial charge in [0.05, 0.1) is 17.8 Å². The molecule has 1 aromatic carbocycles. The number of fused-ring (bicyclic) bond motifs is 1. The van der Waals surface area contributed by atoms with Crippen LogP contribution >= 0.6 is 0 Å². The van der Waals surface area contributed by atoms with Crippen LogP contribution in [0.1, 0.15) is 51.4 Å². The number of likely N-dealkylation sites (N-methyl/N-ethyl adjacent to an activating group) is 1. The van der Waals surface area contributed by atoms with E-state index in [1.54, 1.807) is 36.6 Å². The molecule has 3 heterocycles. The molecule has 1 unspecified atom stereocenters. The number of amides is 1. The second kappa shape index (κ2) is 13.9. The molecule has 0 aliphatic carbocycles. The van der Waals surface area contributed by atoms with Gasteiger partial charge in [-0.05, 0) is 52.4 Å². The van der Waals surface area contributed by atoms with Gasteiger partial charge in [-0.2, -0.15) is 23.1 Å². The van der Waals surface area contributed by atoms with Crippen LogP contribution in [-0.2, 0) is 23.9 Å². The van der Waals surface area contributed by atoms with E-state index in [0.717, 1.165) is 24.7 Å². The lowest BCUT2D eigenvalue weighted by Crippen LogP contribution is -2.57. The normalized spacial score (nSPS) is 17.4. The van der Waals surface area contributed by atoms with Gasteiger partial charge in [0.1, 0.15) is 24.1 Å². The second-order valence-electron chi connectivity index (χ2n) is 11.9. The number of ether oxygens (including phenoxy) is 2. The molecule has 240 valence electrons. The Labute approximate surface area is 257 Å². The number of piperazine rings is 1. The first-order valence-corrected chi connectivity index (χ1v) is 15.1. The van der Waals surface area contributed by atoms with Gasteiger partial charge in [0.25, 0.3) is 0 Å². The van der Waals surface area contributed by atoms with E-state index in [1.165, 1.54) is 12.1 Å². The van der Waals surface area contributed by atoms with E-state index in [0.29, 0.717) is 57.3 Å². The van der Waals surface area contributed by atoms with Crippen molar-refractivity contribution in [3.63, 3.8) is 0 Å². The van der Waals surface area contributed by atoms with Crippen LogP contribution < -0.4 is 14.5 Å². The maximum absolute atomic E-state index is 13.9. The Bertz CT molecular complexity index is 1340. The summed E-state index contributed by atoms with van der Waals surface area (Å²) in [6.07, 6.45) is -4.52. The molecule has 13 heteroatoms. The van der Waals surface area contributed by atoms with Gasteiger partial charge in [-0.15, -0.1) is 0 Å². The standard InChI is InChI=1S/C31H42F3N7O3/c1-7-38(8-2)17-18-43-28-36-25-21-39(26-12-10-9-11-24(26)31(32,33)34)14-13-23(25)27(37-28)40-15-16-41(22(20-40)19-35-6)29(42)44-30(3,4)5/h9-12,22H,7-8,13-21H2,1-5H3. The van der Waals surface area contributed by atoms with Crippen LogP contribution in [0.25, 0.3) is 4.85 Å². The fourth-order valence-corrected chi connectivity index (χ4v) is 5.59. The minimum absolute atomic E-state index is 0.0955. The fraction of sp³-hybridized carbons (Fsp3) is 0.613. The van der Waals surface area contributed by atoms with Crippen LogP contribution in [0.5, 0.6) is 6.01 Å². The van der Waals surface area contributed by atoms with Crippen molar-refractivity contribution in [2.24, 2.45) is 0 Å². The fourth-order valence-electron chi connectivity index (χ4n) is 5.59. The SMILES string of the molecule is [C-]#[N+]CC1CN(c2nc(OCCN(CC)CC)nc3c2CCN(c2ccccc2C(F)(F)F)C3)CCN1C(=O)OC(C)(C)C. The van der Waals surface area contributed by atoms with Crippen molar-refractivity contribution in [3.05, 3.63) is 52.5 Å². The highest BCUT2D eigenvalue weighted by atomic mass is 19.4. The molecule has 1 fully saturated rings. The third-order valence-electron chi connectivity index (χ3n) is 7.82. The third kappa shape index (κ3) is 8.02. The minimum Gasteiger partial charge on any atom is -0.462 e. The van der Waals surface area contributed by atoms with E-state index in [1.807, 2.05) is 4.90 Å². The summed E-state index contributed by atoms with van der Waals surface area (Å²) in [5.74, 6) is 0.635. The molecular weight excluding hydrogens is 575 g/mol. The number of alkyl halides is 3. The first-order valence-electron chi connectivity index (χ1n) is 15.1. The molecule has 0 N–H and O–H groups in total. The molecule has 10 nitrogen and oxygen atoms in total. The van der Waals surface area contributed by atoms with E-state index < -0.39 is 29.5 Å². The van der Waals surface area contributed by atoms with Crippen molar-refractivity contribution in [2.75, 3.05) is 68.8 Å². The zero-order valence-corrected chi connectivity index (χ0v) is 26.2. The molecule has 0 spiro atoms. The van der Waals surface area contributed by atoms with E-state index in [9.17, 15) is 18.0 Å². The number of carbonyl (C=O) groups excluding carboxylic acids is 1. The highest BCUT2D eigenvalue weighted by Gasteiger charge is 2.39. The molecule has 2 aliphatic rings. The highest BCUT2D eigenvalue weighted by molar-refractivity contribution is 5.69. The molecule has 1 saturated heterocycles. The number of halogens is 3. The summed E-state index contributed by atoms with van der Waals surface area (Å²) in [5.41, 5.74) is 0.199. The van der Waals surface area contributed by atoms with Crippen molar-refractivity contribution in [3.8, 4) is 6.01 Å².